The molecule has 2 aliphatic rings. The highest BCUT2D eigenvalue weighted by Gasteiger charge is 2.23. The van der Waals surface area contributed by atoms with Crippen molar-refractivity contribution in [3.05, 3.63) is 65.0 Å². The fraction of sp³-hybridized carbons (Fsp3) is 0.238. The van der Waals surface area contributed by atoms with E-state index < -0.39 is 0 Å². The molecule has 0 N–H and O–H groups in total. The van der Waals surface area contributed by atoms with Crippen molar-refractivity contribution in [2.24, 2.45) is 0 Å². The molecule has 1 unspecified atom stereocenters. The van der Waals surface area contributed by atoms with Crippen LogP contribution in [-0.2, 0) is 6.42 Å². The molecule has 1 aromatic heterocycles. The van der Waals surface area contributed by atoms with Crippen molar-refractivity contribution >= 4 is 11.3 Å². The molecular weight excluding hydrogens is 332 g/mol. The maximum absolute atomic E-state index is 6.11. The van der Waals surface area contributed by atoms with Crippen molar-refractivity contribution < 1.29 is 14.2 Å². The van der Waals surface area contributed by atoms with Gasteiger partial charge in [-0.15, -0.1) is 11.3 Å². The average molecular weight is 350 g/mol. The molecule has 0 amide bonds. The molecule has 0 saturated heterocycles. The van der Waals surface area contributed by atoms with Gasteiger partial charge < -0.3 is 14.2 Å². The van der Waals surface area contributed by atoms with Crippen molar-refractivity contribution in [1.29, 1.82) is 0 Å². The minimum atomic E-state index is 0.343. The largest absolute Gasteiger partial charge is 0.493 e. The Bertz CT molecular complexity index is 902. The molecule has 25 heavy (non-hydrogen) atoms. The summed E-state index contributed by atoms with van der Waals surface area (Å²) in [5.41, 5.74) is 3.75. The second kappa shape index (κ2) is 6.12. The van der Waals surface area contributed by atoms with E-state index in [4.69, 9.17) is 14.2 Å². The number of hydrogen-bond acceptors (Lipinski definition) is 4. The predicted molar refractivity (Wildman–Crippen MR) is 99.1 cm³/mol. The Morgan fingerprint density at radius 2 is 1.76 bits per heavy atom. The van der Waals surface area contributed by atoms with Crippen LogP contribution in [0.25, 0.3) is 10.4 Å². The van der Waals surface area contributed by atoms with Gasteiger partial charge in [-0.3, -0.25) is 0 Å². The lowest BCUT2D eigenvalue weighted by molar-refractivity contribution is 0.171. The van der Waals surface area contributed by atoms with E-state index in [2.05, 4.69) is 47.8 Å². The molecule has 2 aromatic carbocycles. The molecule has 3 heterocycles. The van der Waals surface area contributed by atoms with E-state index in [0.717, 1.165) is 23.7 Å². The van der Waals surface area contributed by atoms with Gasteiger partial charge in [0.1, 0.15) is 19.0 Å². The third-order valence-electron chi connectivity index (χ3n) is 4.82. The van der Waals surface area contributed by atoms with Crippen LogP contribution in [0.3, 0.4) is 0 Å². The normalized spacial score (nSPS) is 18.3. The molecule has 126 valence electrons. The third kappa shape index (κ3) is 2.76. The Morgan fingerprint density at radius 3 is 2.64 bits per heavy atom. The van der Waals surface area contributed by atoms with E-state index in [1.165, 1.54) is 21.6 Å². The van der Waals surface area contributed by atoms with Gasteiger partial charge in [-0.25, -0.2) is 0 Å². The van der Waals surface area contributed by atoms with Gasteiger partial charge in [0.05, 0.1) is 6.61 Å². The maximum atomic E-state index is 6.11. The Labute approximate surface area is 150 Å². The molecule has 4 heteroatoms. The summed E-state index contributed by atoms with van der Waals surface area (Å²) in [7, 11) is 0. The van der Waals surface area contributed by atoms with Gasteiger partial charge in [-0.1, -0.05) is 24.3 Å². The van der Waals surface area contributed by atoms with E-state index in [0.29, 0.717) is 25.7 Å². The lowest BCUT2D eigenvalue weighted by Crippen LogP contribution is -2.20. The van der Waals surface area contributed by atoms with E-state index in [1.54, 1.807) is 11.3 Å². The third-order valence-corrected chi connectivity index (χ3v) is 5.74. The lowest BCUT2D eigenvalue weighted by atomic mass is 9.89. The minimum Gasteiger partial charge on any atom is -0.493 e. The summed E-state index contributed by atoms with van der Waals surface area (Å²) in [6.45, 7) is 1.94. The number of ether oxygens (including phenoxy) is 3. The van der Waals surface area contributed by atoms with Crippen LogP contribution >= 0.6 is 11.3 Å². The lowest BCUT2D eigenvalue weighted by Gasteiger charge is -2.27. The van der Waals surface area contributed by atoms with Crippen LogP contribution in [0.15, 0.2) is 53.9 Å². The van der Waals surface area contributed by atoms with Gasteiger partial charge in [0.25, 0.3) is 0 Å². The topological polar surface area (TPSA) is 27.7 Å². The summed E-state index contributed by atoms with van der Waals surface area (Å²) in [5.74, 6) is 3.05. The standard InChI is InChI=1S/C21H18O3S/c1-2-21(25-9-1)16-4-3-15-10-17(13-24-19(15)12-16)14-5-6-18-20(11-14)23-8-7-22-18/h1-6,9,11-12,17H,7-8,10,13H2. The zero-order chi connectivity index (χ0) is 16.6. The van der Waals surface area contributed by atoms with Crippen LogP contribution in [0, 0.1) is 0 Å². The summed E-state index contributed by atoms with van der Waals surface area (Å²) >= 11 is 1.76. The fourth-order valence-electron chi connectivity index (χ4n) is 3.50. The Hall–Kier alpha value is -2.46. The second-order valence-corrected chi connectivity index (χ2v) is 7.36. The molecule has 3 nitrogen and oxygen atoms in total. The van der Waals surface area contributed by atoms with Crippen molar-refractivity contribution in [2.75, 3.05) is 19.8 Å². The Morgan fingerprint density at radius 1 is 0.840 bits per heavy atom. The fourth-order valence-corrected chi connectivity index (χ4v) is 4.22. The molecule has 2 aliphatic heterocycles. The molecule has 0 bridgehead atoms. The summed E-state index contributed by atoms with van der Waals surface area (Å²) in [6.07, 6.45) is 0.986. The highest BCUT2D eigenvalue weighted by atomic mass is 32.1. The van der Waals surface area contributed by atoms with Crippen LogP contribution < -0.4 is 14.2 Å². The van der Waals surface area contributed by atoms with Gasteiger partial charge in [-0.2, -0.15) is 0 Å². The number of rotatable bonds is 2. The van der Waals surface area contributed by atoms with Gasteiger partial charge in [0.15, 0.2) is 11.5 Å². The number of fused-ring (bicyclic) bond motifs is 2. The summed E-state index contributed by atoms with van der Waals surface area (Å²) in [5, 5.41) is 2.10. The smallest absolute Gasteiger partial charge is 0.161 e. The Balaban J connectivity index is 1.41. The van der Waals surface area contributed by atoms with Crippen LogP contribution in [0.5, 0.6) is 17.2 Å². The van der Waals surface area contributed by atoms with Crippen LogP contribution in [-0.4, -0.2) is 19.8 Å². The first-order valence-electron chi connectivity index (χ1n) is 8.56. The van der Waals surface area contributed by atoms with Gasteiger partial charge in [0.2, 0.25) is 0 Å². The van der Waals surface area contributed by atoms with Crippen molar-refractivity contribution in [2.45, 2.75) is 12.3 Å². The van der Waals surface area contributed by atoms with Gasteiger partial charge in [-0.05, 0) is 52.8 Å². The first-order chi connectivity index (χ1) is 12.4. The van der Waals surface area contributed by atoms with E-state index >= 15 is 0 Å². The van der Waals surface area contributed by atoms with Crippen LogP contribution in [0.2, 0.25) is 0 Å². The van der Waals surface area contributed by atoms with Crippen molar-refractivity contribution in [3.63, 3.8) is 0 Å². The van der Waals surface area contributed by atoms with E-state index in [1.807, 2.05) is 6.07 Å². The van der Waals surface area contributed by atoms with Crippen LogP contribution in [0.4, 0.5) is 0 Å². The summed E-state index contributed by atoms with van der Waals surface area (Å²) in [6, 6.07) is 17.0. The first kappa shape index (κ1) is 14.8. The second-order valence-electron chi connectivity index (χ2n) is 6.41. The first-order valence-corrected chi connectivity index (χ1v) is 9.44. The molecule has 1 atom stereocenters. The molecule has 0 fully saturated rings. The molecule has 5 rings (SSSR count). The quantitative estimate of drug-likeness (QED) is 0.657. The van der Waals surface area contributed by atoms with Crippen LogP contribution in [0.1, 0.15) is 17.0 Å². The SMILES string of the molecule is c1csc(-c2ccc3c(c2)OCC(c2ccc4c(c2)OCCO4)C3)c1. The zero-order valence-electron chi connectivity index (χ0n) is 13.7. The van der Waals surface area contributed by atoms with Gasteiger partial charge >= 0.3 is 0 Å². The van der Waals surface area contributed by atoms with E-state index in [-0.39, 0.29) is 0 Å². The molecule has 0 aliphatic carbocycles. The number of hydrogen-bond donors (Lipinski definition) is 0. The monoisotopic (exact) mass is 350 g/mol. The number of thiophene rings is 1. The molecule has 0 radical (unpaired) electrons. The predicted octanol–water partition coefficient (Wildman–Crippen LogP) is 4.91. The average Bonchev–Trinajstić information content (AvgIpc) is 3.21. The Kier molecular flexibility index (Phi) is 3.63. The van der Waals surface area contributed by atoms with Gasteiger partial charge in [0, 0.05) is 10.8 Å². The minimum absolute atomic E-state index is 0.343. The zero-order valence-corrected chi connectivity index (χ0v) is 14.6. The molecule has 3 aromatic rings. The summed E-state index contributed by atoms with van der Waals surface area (Å²) in [4.78, 5) is 1.28. The summed E-state index contributed by atoms with van der Waals surface area (Å²) < 4.78 is 17.4. The molecule has 0 saturated carbocycles. The molecular formula is C21H18O3S. The molecule has 0 spiro atoms. The van der Waals surface area contributed by atoms with Crippen molar-refractivity contribution in [3.8, 4) is 27.7 Å². The highest BCUT2D eigenvalue weighted by molar-refractivity contribution is 7.13. The van der Waals surface area contributed by atoms with E-state index in [9.17, 15) is 0 Å². The number of benzene rings is 2. The highest BCUT2D eigenvalue weighted by Crippen LogP contribution is 2.39. The van der Waals surface area contributed by atoms with Crippen molar-refractivity contribution in [1.82, 2.24) is 0 Å². The maximum Gasteiger partial charge on any atom is 0.161 e.